The third kappa shape index (κ3) is 5.08. The van der Waals surface area contributed by atoms with Crippen molar-refractivity contribution in [2.75, 3.05) is 13.7 Å². The Bertz CT molecular complexity index is 871. The summed E-state index contributed by atoms with van der Waals surface area (Å²) >= 11 is 0. The Kier molecular flexibility index (Phi) is 7.16. The van der Waals surface area contributed by atoms with Crippen LogP contribution in [0, 0.1) is 22.7 Å². The number of ether oxygens (including phenoxy) is 1. The highest BCUT2D eigenvalue weighted by Crippen LogP contribution is 2.55. The van der Waals surface area contributed by atoms with E-state index in [9.17, 15) is 14.4 Å². The number of fused-ring (bicyclic) bond motifs is 1. The van der Waals surface area contributed by atoms with Gasteiger partial charge in [0.25, 0.3) is 0 Å². The minimum atomic E-state index is -0.958. The zero-order chi connectivity index (χ0) is 23.5. The van der Waals surface area contributed by atoms with E-state index in [2.05, 4.69) is 33.0 Å². The number of rotatable bonds is 8. The highest BCUT2D eigenvalue weighted by Gasteiger charge is 2.57. The van der Waals surface area contributed by atoms with E-state index in [1.54, 1.807) is 17.2 Å². The first kappa shape index (κ1) is 24.1. The van der Waals surface area contributed by atoms with Crippen LogP contribution in [0.3, 0.4) is 0 Å². The standard InChI is InChI=1S/C25H36N2O5/c1-17(2)9-11-26-21(28)13-18-14-25(23(30)31-5)16-24(3,4)10-8-20(25)27(22(18)29)15-19-7-6-12-32-19/h6-8,12,17-18H,9-11,13-16H2,1-5H3,(H,26,28)/t18-,25-/m1/s1. The van der Waals surface area contributed by atoms with Crippen LogP contribution in [-0.4, -0.2) is 36.3 Å². The fourth-order valence-electron chi connectivity index (χ4n) is 5.07. The molecule has 32 heavy (non-hydrogen) atoms. The molecule has 0 spiro atoms. The number of piperidine rings is 1. The number of esters is 1. The van der Waals surface area contributed by atoms with Crippen LogP contribution in [0.4, 0.5) is 0 Å². The molecule has 0 unspecified atom stereocenters. The number of carbonyl (C=O) groups is 3. The number of carbonyl (C=O) groups excluding carboxylic acids is 3. The predicted octanol–water partition coefficient (Wildman–Crippen LogP) is 4.04. The number of hydrogen-bond acceptors (Lipinski definition) is 5. The van der Waals surface area contributed by atoms with Crippen molar-refractivity contribution in [2.24, 2.45) is 22.7 Å². The van der Waals surface area contributed by atoms with E-state index >= 15 is 0 Å². The van der Waals surface area contributed by atoms with Crippen molar-refractivity contribution in [2.45, 2.75) is 66.3 Å². The second-order valence-corrected chi connectivity index (χ2v) is 10.3. The Labute approximate surface area is 190 Å². The molecule has 176 valence electrons. The minimum Gasteiger partial charge on any atom is -0.468 e. The predicted molar refractivity (Wildman–Crippen MR) is 120 cm³/mol. The van der Waals surface area contributed by atoms with Gasteiger partial charge in [0.15, 0.2) is 0 Å². The van der Waals surface area contributed by atoms with Gasteiger partial charge >= 0.3 is 5.97 Å². The Balaban J connectivity index is 1.93. The van der Waals surface area contributed by atoms with Crippen molar-refractivity contribution in [3.63, 3.8) is 0 Å². The van der Waals surface area contributed by atoms with E-state index in [4.69, 9.17) is 9.15 Å². The minimum absolute atomic E-state index is 0.0536. The van der Waals surface area contributed by atoms with Crippen molar-refractivity contribution >= 4 is 17.8 Å². The lowest BCUT2D eigenvalue weighted by atomic mass is 9.59. The first-order valence-electron chi connectivity index (χ1n) is 11.5. The van der Waals surface area contributed by atoms with Crippen LogP contribution in [0.15, 0.2) is 34.6 Å². The second kappa shape index (κ2) is 9.51. The summed E-state index contributed by atoms with van der Waals surface area (Å²) in [6, 6.07) is 3.58. The molecule has 1 N–H and O–H groups in total. The van der Waals surface area contributed by atoms with E-state index in [-0.39, 0.29) is 42.6 Å². The molecule has 2 aliphatic rings. The van der Waals surface area contributed by atoms with E-state index < -0.39 is 11.3 Å². The third-order valence-corrected chi connectivity index (χ3v) is 6.57. The van der Waals surface area contributed by atoms with Gasteiger partial charge in [0.05, 0.1) is 19.9 Å². The molecule has 1 aliphatic carbocycles. The number of nitrogens with one attached hydrogen (secondary N) is 1. The lowest BCUT2D eigenvalue weighted by Crippen LogP contribution is -2.55. The first-order chi connectivity index (χ1) is 15.1. The molecule has 0 bridgehead atoms. The molecule has 1 fully saturated rings. The lowest BCUT2D eigenvalue weighted by Gasteiger charge is -2.51. The number of likely N-dealkylation sites (tertiary alicyclic amines) is 1. The van der Waals surface area contributed by atoms with Gasteiger partial charge < -0.3 is 19.4 Å². The quantitative estimate of drug-likeness (QED) is 0.611. The molecule has 0 radical (unpaired) electrons. The van der Waals surface area contributed by atoms with Gasteiger partial charge in [-0.1, -0.05) is 33.8 Å². The van der Waals surface area contributed by atoms with Gasteiger partial charge in [-0.2, -0.15) is 0 Å². The number of furan rings is 1. The molecule has 3 rings (SSSR count). The monoisotopic (exact) mass is 444 g/mol. The molecule has 7 nitrogen and oxygen atoms in total. The summed E-state index contributed by atoms with van der Waals surface area (Å²) in [5.41, 5.74) is -0.403. The van der Waals surface area contributed by atoms with Gasteiger partial charge in [-0.05, 0) is 49.1 Å². The Morgan fingerprint density at radius 1 is 1.34 bits per heavy atom. The molecule has 1 saturated heterocycles. The van der Waals surface area contributed by atoms with Crippen molar-refractivity contribution in [3.8, 4) is 0 Å². The summed E-state index contributed by atoms with van der Waals surface area (Å²) in [7, 11) is 1.39. The molecule has 1 aromatic heterocycles. The van der Waals surface area contributed by atoms with Crippen LogP contribution in [-0.2, 0) is 25.7 Å². The molecular formula is C25H36N2O5. The van der Waals surface area contributed by atoms with Crippen molar-refractivity contribution in [1.82, 2.24) is 10.2 Å². The van der Waals surface area contributed by atoms with Crippen LogP contribution in [0.1, 0.15) is 65.6 Å². The van der Waals surface area contributed by atoms with Gasteiger partial charge in [0, 0.05) is 24.6 Å². The summed E-state index contributed by atoms with van der Waals surface area (Å²) in [6.07, 6.45) is 6.09. The van der Waals surface area contributed by atoms with Crippen molar-refractivity contribution in [3.05, 3.63) is 35.9 Å². The van der Waals surface area contributed by atoms with Crippen molar-refractivity contribution in [1.29, 1.82) is 0 Å². The molecule has 0 aromatic carbocycles. The number of methoxy groups -OCH3 is 1. The number of allylic oxidation sites excluding steroid dienone is 1. The van der Waals surface area contributed by atoms with Crippen LogP contribution < -0.4 is 5.32 Å². The molecule has 7 heteroatoms. The van der Waals surface area contributed by atoms with Crippen LogP contribution in [0.2, 0.25) is 0 Å². The SMILES string of the molecule is COC(=O)[C@@]12C[C@@H](CC(=O)NCCC(C)C)C(=O)N(Cc3ccco3)C1=CCC(C)(C)C2. The van der Waals surface area contributed by atoms with Crippen molar-refractivity contribution < 1.29 is 23.5 Å². The first-order valence-corrected chi connectivity index (χ1v) is 11.5. The summed E-state index contributed by atoms with van der Waals surface area (Å²) in [5, 5.41) is 2.93. The molecule has 2 atom stereocenters. The molecule has 2 heterocycles. The second-order valence-electron chi connectivity index (χ2n) is 10.3. The summed E-state index contributed by atoms with van der Waals surface area (Å²) in [5.74, 6) is -0.150. The zero-order valence-corrected chi connectivity index (χ0v) is 19.9. The maximum atomic E-state index is 13.5. The normalized spacial score (nSPS) is 24.7. The zero-order valence-electron chi connectivity index (χ0n) is 19.9. The number of amides is 2. The highest BCUT2D eigenvalue weighted by molar-refractivity contribution is 5.92. The van der Waals surface area contributed by atoms with E-state index in [0.717, 1.165) is 12.8 Å². The summed E-state index contributed by atoms with van der Waals surface area (Å²) < 4.78 is 10.8. The van der Waals surface area contributed by atoms with E-state index in [1.807, 2.05) is 12.1 Å². The van der Waals surface area contributed by atoms with Crippen LogP contribution in [0.5, 0.6) is 0 Å². The van der Waals surface area contributed by atoms with Crippen LogP contribution >= 0.6 is 0 Å². The van der Waals surface area contributed by atoms with E-state index in [1.165, 1.54) is 7.11 Å². The van der Waals surface area contributed by atoms with E-state index in [0.29, 0.717) is 30.3 Å². The molecular weight excluding hydrogens is 408 g/mol. The third-order valence-electron chi connectivity index (χ3n) is 6.57. The van der Waals surface area contributed by atoms with Gasteiger partial charge in [-0.15, -0.1) is 0 Å². The molecule has 1 aliphatic heterocycles. The number of nitrogens with zero attached hydrogens (tertiary/aromatic N) is 1. The summed E-state index contributed by atoms with van der Waals surface area (Å²) in [4.78, 5) is 41.1. The molecule has 0 saturated carbocycles. The average molecular weight is 445 g/mol. The maximum absolute atomic E-state index is 13.5. The largest absolute Gasteiger partial charge is 0.468 e. The Hall–Kier alpha value is -2.57. The smallest absolute Gasteiger partial charge is 0.317 e. The van der Waals surface area contributed by atoms with Gasteiger partial charge in [-0.3, -0.25) is 14.4 Å². The highest BCUT2D eigenvalue weighted by atomic mass is 16.5. The Morgan fingerprint density at radius 3 is 2.72 bits per heavy atom. The molecule has 1 aromatic rings. The fourth-order valence-corrected chi connectivity index (χ4v) is 5.07. The van der Waals surface area contributed by atoms with Gasteiger partial charge in [0.2, 0.25) is 11.8 Å². The molecule has 2 amide bonds. The van der Waals surface area contributed by atoms with Gasteiger partial charge in [-0.25, -0.2) is 0 Å². The Morgan fingerprint density at radius 2 is 2.09 bits per heavy atom. The van der Waals surface area contributed by atoms with Gasteiger partial charge in [0.1, 0.15) is 11.2 Å². The fraction of sp³-hybridized carbons (Fsp3) is 0.640. The average Bonchev–Trinajstić information content (AvgIpc) is 3.22. The number of hydrogen-bond donors (Lipinski definition) is 1. The maximum Gasteiger partial charge on any atom is 0.317 e. The lowest BCUT2D eigenvalue weighted by molar-refractivity contribution is -0.162. The van der Waals surface area contributed by atoms with Crippen LogP contribution in [0.25, 0.3) is 0 Å². The topological polar surface area (TPSA) is 88.8 Å². The summed E-state index contributed by atoms with van der Waals surface area (Å²) in [6.45, 7) is 9.23.